The maximum Gasteiger partial charge on any atom is 0.410 e. The Morgan fingerprint density at radius 2 is 2.03 bits per heavy atom. The lowest BCUT2D eigenvalue weighted by Gasteiger charge is -2.37. The molecule has 0 saturated carbocycles. The molecule has 1 aromatic carbocycles. The van der Waals surface area contributed by atoms with Crippen molar-refractivity contribution in [3.8, 4) is 5.75 Å². The fraction of sp³-hybridized carbons (Fsp3) is 0.500. The fourth-order valence-electron chi connectivity index (χ4n) is 4.34. The maximum absolute atomic E-state index is 12.9. The van der Waals surface area contributed by atoms with Crippen LogP contribution in [0.25, 0.3) is 10.9 Å². The largest absolute Gasteiger partial charge is 0.506 e. The number of aromatic nitrogens is 1. The number of carbonyl (C=O) groups excluding carboxylic acids is 2. The average molecular weight is 397 g/mol. The number of ether oxygens (including phenoxy) is 1. The van der Waals surface area contributed by atoms with Gasteiger partial charge in [0.05, 0.1) is 6.04 Å². The molecule has 2 saturated heterocycles. The number of amides is 2. The van der Waals surface area contributed by atoms with Crippen molar-refractivity contribution >= 4 is 22.9 Å². The van der Waals surface area contributed by atoms with Gasteiger partial charge in [-0.3, -0.25) is 9.69 Å². The number of unbranched alkanes of at least 4 members (excludes halogenated alkanes) is 1. The number of carbonyl (C=O) groups is 2. The lowest BCUT2D eigenvalue weighted by Crippen LogP contribution is -2.49. The molecule has 0 aliphatic carbocycles. The van der Waals surface area contributed by atoms with Gasteiger partial charge in [-0.05, 0) is 31.4 Å². The van der Waals surface area contributed by atoms with E-state index in [1.54, 1.807) is 29.2 Å². The Labute approximate surface area is 170 Å². The summed E-state index contributed by atoms with van der Waals surface area (Å²) in [5.41, 5.74) is 0.769. The predicted octanol–water partition coefficient (Wildman–Crippen LogP) is 3.56. The Morgan fingerprint density at radius 1 is 1.24 bits per heavy atom. The van der Waals surface area contributed by atoms with Gasteiger partial charge in [-0.1, -0.05) is 38.0 Å². The number of pyridine rings is 1. The van der Waals surface area contributed by atoms with Crippen LogP contribution in [-0.2, 0) is 4.74 Å². The molecule has 0 spiro atoms. The molecule has 4 rings (SSSR count). The van der Waals surface area contributed by atoms with E-state index in [1.807, 2.05) is 11.0 Å². The third-order valence-electron chi connectivity index (χ3n) is 5.96. The van der Waals surface area contributed by atoms with Crippen molar-refractivity contribution < 1.29 is 19.4 Å². The van der Waals surface area contributed by atoms with Gasteiger partial charge in [0.2, 0.25) is 0 Å². The van der Waals surface area contributed by atoms with Gasteiger partial charge in [0.25, 0.3) is 5.91 Å². The number of benzene rings is 1. The second-order valence-electron chi connectivity index (χ2n) is 7.85. The molecule has 2 aliphatic heterocycles. The first kappa shape index (κ1) is 19.5. The second kappa shape index (κ2) is 8.27. The molecule has 2 aliphatic rings. The summed E-state index contributed by atoms with van der Waals surface area (Å²) in [6, 6.07) is 8.95. The minimum absolute atomic E-state index is 0.0709. The zero-order valence-electron chi connectivity index (χ0n) is 16.7. The first-order chi connectivity index (χ1) is 14.1. The molecule has 1 unspecified atom stereocenters. The third kappa shape index (κ3) is 3.86. The maximum atomic E-state index is 12.9. The molecule has 154 valence electrons. The molecule has 7 nitrogen and oxygen atoms in total. The topological polar surface area (TPSA) is 83.0 Å². The van der Waals surface area contributed by atoms with E-state index in [0.29, 0.717) is 30.9 Å². The highest BCUT2D eigenvalue weighted by molar-refractivity contribution is 5.96. The molecular formula is C22H27N3O4. The number of hydrogen-bond acceptors (Lipinski definition) is 5. The van der Waals surface area contributed by atoms with Gasteiger partial charge in [0.15, 0.2) is 0 Å². The van der Waals surface area contributed by atoms with E-state index >= 15 is 0 Å². The van der Waals surface area contributed by atoms with Crippen molar-refractivity contribution in [1.82, 2.24) is 14.8 Å². The molecule has 2 amide bonds. The highest BCUT2D eigenvalue weighted by atomic mass is 16.6. The molecule has 3 heterocycles. The predicted molar refractivity (Wildman–Crippen MR) is 109 cm³/mol. The number of aromatic hydroxyl groups is 1. The van der Waals surface area contributed by atoms with Gasteiger partial charge < -0.3 is 14.7 Å². The van der Waals surface area contributed by atoms with Crippen LogP contribution in [0.4, 0.5) is 4.79 Å². The number of phenols is 1. The van der Waals surface area contributed by atoms with Crippen molar-refractivity contribution in [3.63, 3.8) is 0 Å². The van der Waals surface area contributed by atoms with E-state index in [0.717, 1.165) is 37.5 Å². The summed E-state index contributed by atoms with van der Waals surface area (Å²) in [5, 5.41) is 10.8. The van der Waals surface area contributed by atoms with Crippen molar-refractivity contribution in [2.75, 3.05) is 19.7 Å². The van der Waals surface area contributed by atoms with Crippen LogP contribution in [-0.4, -0.2) is 63.7 Å². The molecule has 0 radical (unpaired) electrons. The van der Waals surface area contributed by atoms with E-state index in [-0.39, 0.29) is 29.8 Å². The highest BCUT2D eigenvalue weighted by Crippen LogP contribution is 2.27. The number of nitrogens with zero attached hydrogens (tertiary/aromatic N) is 3. The number of piperidine rings is 1. The van der Waals surface area contributed by atoms with Gasteiger partial charge in [-0.2, -0.15) is 0 Å². The van der Waals surface area contributed by atoms with Crippen molar-refractivity contribution in [2.45, 2.75) is 51.1 Å². The van der Waals surface area contributed by atoms with Crippen molar-refractivity contribution in [3.05, 3.63) is 36.0 Å². The smallest absolute Gasteiger partial charge is 0.410 e. The Bertz CT molecular complexity index is 908. The highest BCUT2D eigenvalue weighted by Gasteiger charge is 2.39. The second-order valence-corrected chi connectivity index (χ2v) is 7.85. The lowest BCUT2D eigenvalue weighted by atomic mass is 10.00. The van der Waals surface area contributed by atoms with Crippen LogP contribution in [0.15, 0.2) is 30.3 Å². The van der Waals surface area contributed by atoms with E-state index < -0.39 is 0 Å². The summed E-state index contributed by atoms with van der Waals surface area (Å²) in [7, 11) is 0. The van der Waals surface area contributed by atoms with Gasteiger partial charge in [0.1, 0.15) is 23.6 Å². The van der Waals surface area contributed by atoms with Gasteiger partial charge in [-0.25, -0.2) is 9.78 Å². The summed E-state index contributed by atoms with van der Waals surface area (Å²) in [5.74, 6) is -0.0679. The molecule has 1 aromatic heterocycles. The zero-order valence-corrected chi connectivity index (χ0v) is 16.7. The number of phenolic OH excluding ortho intramolecular Hbond substituents is 1. The Kier molecular flexibility index (Phi) is 5.56. The molecule has 29 heavy (non-hydrogen) atoms. The Hall–Kier alpha value is -2.83. The van der Waals surface area contributed by atoms with Crippen LogP contribution < -0.4 is 0 Å². The quantitative estimate of drug-likeness (QED) is 0.834. The molecule has 0 bridgehead atoms. The Morgan fingerprint density at radius 3 is 2.79 bits per heavy atom. The first-order valence-electron chi connectivity index (χ1n) is 10.4. The van der Waals surface area contributed by atoms with Crippen molar-refractivity contribution in [2.24, 2.45) is 0 Å². The van der Waals surface area contributed by atoms with E-state index in [1.165, 1.54) is 0 Å². The zero-order chi connectivity index (χ0) is 20.4. The van der Waals surface area contributed by atoms with Crippen LogP contribution in [0.2, 0.25) is 0 Å². The first-order valence-corrected chi connectivity index (χ1v) is 10.4. The molecule has 2 aromatic rings. The lowest BCUT2D eigenvalue weighted by molar-refractivity contribution is 0.0628. The van der Waals surface area contributed by atoms with Crippen LogP contribution in [0, 0.1) is 0 Å². The van der Waals surface area contributed by atoms with Gasteiger partial charge in [-0.15, -0.1) is 0 Å². The number of likely N-dealkylation sites (tertiary alicyclic amines) is 1. The summed E-state index contributed by atoms with van der Waals surface area (Å²) < 4.78 is 5.30. The number of rotatable bonds is 5. The van der Waals surface area contributed by atoms with Crippen LogP contribution in [0.5, 0.6) is 5.75 Å². The molecule has 7 heteroatoms. The average Bonchev–Trinajstić information content (AvgIpc) is 3.12. The minimum Gasteiger partial charge on any atom is -0.506 e. The summed E-state index contributed by atoms with van der Waals surface area (Å²) >= 11 is 0. The van der Waals surface area contributed by atoms with Gasteiger partial charge in [0, 0.05) is 24.5 Å². The van der Waals surface area contributed by atoms with Crippen LogP contribution >= 0.6 is 0 Å². The van der Waals surface area contributed by atoms with Crippen molar-refractivity contribution in [1.29, 1.82) is 0 Å². The standard InChI is InChI=1S/C22H27N3O4/c1-2-3-6-17-14-29-22(28)25(17)16-10-12-24(13-11-16)21(27)18-9-8-15-5-4-7-19(26)20(15)23-18/h4-5,7-9,16-17,26H,2-3,6,10-14H2,1H3. The summed E-state index contributed by atoms with van der Waals surface area (Å²) in [6.07, 6.45) is 4.40. The molecule has 1 atom stereocenters. The van der Waals surface area contributed by atoms with Crippen LogP contribution in [0.3, 0.4) is 0 Å². The number of cyclic esters (lactones) is 1. The molecular weight excluding hydrogens is 370 g/mol. The third-order valence-corrected chi connectivity index (χ3v) is 5.96. The fourth-order valence-corrected chi connectivity index (χ4v) is 4.34. The van der Waals surface area contributed by atoms with E-state index in [2.05, 4.69) is 11.9 Å². The SMILES string of the molecule is CCCCC1COC(=O)N1C1CCN(C(=O)c2ccc3cccc(O)c3n2)CC1. The number of fused-ring (bicyclic) bond motifs is 1. The normalized spacial score (nSPS) is 20.3. The number of para-hydroxylation sites is 1. The monoisotopic (exact) mass is 397 g/mol. The molecule has 2 fully saturated rings. The Balaban J connectivity index is 1.42. The number of hydrogen-bond donors (Lipinski definition) is 1. The molecule has 1 N–H and O–H groups in total. The van der Waals surface area contributed by atoms with E-state index in [4.69, 9.17) is 4.74 Å². The van der Waals surface area contributed by atoms with Crippen LogP contribution in [0.1, 0.15) is 49.5 Å². The summed E-state index contributed by atoms with van der Waals surface area (Å²) in [4.78, 5) is 33.2. The minimum atomic E-state index is -0.220. The van der Waals surface area contributed by atoms with Gasteiger partial charge >= 0.3 is 6.09 Å². The van der Waals surface area contributed by atoms with E-state index in [9.17, 15) is 14.7 Å². The summed E-state index contributed by atoms with van der Waals surface area (Å²) in [6.45, 7) is 3.78.